The Bertz CT molecular complexity index is 720. The van der Waals surface area contributed by atoms with Crippen molar-refractivity contribution in [3.8, 4) is 0 Å². The zero-order chi connectivity index (χ0) is 17.8. The van der Waals surface area contributed by atoms with E-state index in [4.69, 9.17) is 4.74 Å². The Hall–Kier alpha value is -2.02. The number of aromatic amines is 1. The molecule has 1 atom stereocenters. The number of para-hydroxylation sites is 2. The molecule has 7 heteroatoms. The molecule has 1 aliphatic rings. The molecule has 6 nitrogen and oxygen atoms in total. The lowest BCUT2D eigenvalue weighted by Crippen LogP contribution is -2.43. The monoisotopic (exact) mass is 361 g/mol. The first-order chi connectivity index (χ1) is 12.1. The lowest BCUT2D eigenvalue weighted by molar-refractivity contribution is -0.151. The number of likely N-dealkylation sites (tertiary alicyclic amines) is 1. The van der Waals surface area contributed by atoms with Crippen molar-refractivity contribution >= 4 is 34.7 Å². The maximum absolute atomic E-state index is 12.7. The highest BCUT2D eigenvalue weighted by Gasteiger charge is 2.30. The molecule has 0 bridgehead atoms. The van der Waals surface area contributed by atoms with Gasteiger partial charge in [-0.25, -0.2) is 4.98 Å². The summed E-state index contributed by atoms with van der Waals surface area (Å²) in [4.78, 5) is 34.1. The van der Waals surface area contributed by atoms with E-state index < -0.39 is 0 Å². The first-order valence-corrected chi connectivity index (χ1v) is 9.53. The van der Waals surface area contributed by atoms with Crippen LogP contribution in [0.5, 0.6) is 0 Å². The Balaban J connectivity index is 1.55. The van der Waals surface area contributed by atoms with Crippen molar-refractivity contribution < 1.29 is 14.3 Å². The number of carbonyl (C=O) groups excluding carboxylic acids is 2. The largest absolute Gasteiger partial charge is 0.466 e. The quantitative estimate of drug-likeness (QED) is 0.655. The summed E-state index contributed by atoms with van der Waals surface area (Å²) < 4.78 is 5.07. The number of fused-ring (bicyclic) bond motifs is 1. The molecule has 0 spiro atoms. The van der Waals surface area contributed by atoms with Crippen LogP contribution in [0.3, 0.4) is 0 Å². The summed E-state index contributed by atoms with van der Waals surface area (Å²) in [6.07, 6.45) is 1.35. The fourth-order valence-corrected chi connectivity index (χ4v) is 3.96. The third kappa shape index (κ3) is 4.15. The number of imidazole rings is 1. The van der Waals surface area contributed by atoms with E-state index in [-0.39, 0.29) is 23.0 Å². The standard InChI is InChI=1S/C18H23N3O3S/c1-3-24-17(23)13-8-10-21(11-9-13)16(22)12(2)25-18-19-14-6-4-5-7-15(14)20-18/h4-7,12-13H,3,8-11H2,1-2H3,(H,19,20)/t12-/m0/s1. The van der Waals surface area contributed by atoms with Gasteiger partial charge in [-0.05, 0) is 38.8 Å². The molecule has 1 amide bonds. The third-order valence-electron chi connectivity index (χ3n) is 4.43. The molecule has 0 unspecified atom stereocenters. The first-order valence-electron chi connectivity index (χ1n) is 8.65. The number of amides is 1. The average Bonchev–Trinajstić information content (AvgIpc) is 3.03. The van der Waals surface area contributed by atoms with Gasteiger partial charge < -0.3 is 14.6 Å². The summed E-state index contributed by atoms with van der Waals surface area (Å²) >= 11 is 1.44. The number of hydrogen-bond donors (Lipinski definition) is 1. The highest BCUT2D eigenvalue weighted by molar-refractivity contribution is 8.00. The van der Waals surface area contributed by atoms with Crippen molar-refractivity contribution in [3.63, 3.8) is 0 Å². The molecule has 1 aromatic carbocycles. The summed E-state index contributed by atoms with van der Waals surface area (Å²) in [6.45, 7) is 5.33. The van der Waals surface area contributed by atoms with Gasteiger partial charge in [0.2, 0.25) is 5.91 Å². The van der Waals surface area contributed by atoms with Gasteiger partial charge >= 0.3 is 5.97 Å². The molecule has 134 valence electrons. The molecule has 2 aromatic rings. The molecular formula is C18H23N3O3S. The van der Waals surface area contributed by atoms with Gasteiger partial charge in [-0.1, -0.05) is 23.9 Å². The number of esters is 1. The number of rotatable bonds is 5. The van der Waals surface area contributed by atoms with Gasteiger partial charge in [-0.15, -0.1) is 0 Å². The van der Waals surface area contributed by atoms with Crippen LogP contribution in [0.15, 0.2) is 29.4 Å². The van der Waals surface area contributed by atoms with Crippen molar-refractivity contribution in [3.05, 3.63) is 24.3 Å². The van der Waals surface area contributed by atoms with Crippen LogP contribution in [-0.4, -0.2) is 51.7 Å². The van der Waals surface area contributed by atoms with Gasteiger partial charge in [0.15, 0.2) is 5.16 Å². The zero-order valence-corrected chi connectivity index (χ0v) is 15.3. The molecule has 1 fully saturated rings. The molecule has 2 heterocycles. The van der Waals surface area contributed by atoms with Crippen LogP contribution in [0, 0.1) is 5.92 Å². The number of nitrogens with zero attached hydrogens (tertiary/aromatic N) is 2. The maximum atomic E-state index is 12.7. The lowest BCUT2D eigenvalue weighted by atomic mass is 9.97. The molecule has 1 aliphatic heterocycles. The molecule has 0 radical (unpaired) electrons. The Morgan fingerprint density at radius 2 is 2.08 bits per heavy atom. The fraction of sp³-hybridized carbons (Fsp3) is 0.500. The topological polar surface area (TPSA) is 75.3 Å². The molecule has 25 heavy (non-hydrogen) atoms. The average molecular weight is 361 g/mol. The normalized spacial score (nSPS) is 16.8. The maximum Gasteiger partial charge on any atom is 0.309 e. The second kappa shape index (κ2) is 7.91. The van der Waals surface area contributed by atoms with E-state index in [2.05, 4.69) is 9.97 Å². The summed E-state index contributed by atoms with van der Waals surface area (Å²) in [5, 5.41) is 0.531. The molecule has 3 rings (SSSR count). The van der Waals surface area contributed by atoms with Crippen molar-refractivity contribution in [2.45, 2.75) is 37.1 Å². The van der Waals surface area contributed by atoms with Crippen LogP contribution in [-0.2, 0) is 14.3 Å². The lowest BCUT2D eigenvalue weighted by Gasteiger charge is -2.32. The van der Waals surface area contributed by atoms with E-state index >= 15 is 0 Å². The van der Waals surface area contributed by atoms with E-state index in [9.17, 15) is 9.59 Å². The number of H-pyrrole nitrogens is 1. The van der Waals surface area contributed by atoms with Crippen LogP contribution in [0.4, 0.5) is 0 Å². The number of carbonyl (C=O) groups is 2. The van der Waals surface area contributed by atoms with Gasteiger partial charge in [-0.3, -0.25) is 9.59 Å². The minimum Gasteiger partial charge on any atom is -0.466 e. The SMILES string of the molecule is CCOC(=O)C1CCN(C(=O)[C@H](C)Sc2nc3ccccc3[nH]2)CC1. The van der Waals surface area contributed by atoms with Crippen molar-refractivity contribution in [1.29, 1.82) is 0 Å². The highest BCUT2D eigenvalue weighted by Crippen LogP contribution is 2.26. The summed E-state index contributed by atoms with van der Waals surface area (Å²) in [6, 6.07) is 7.82. The predicted molar refractivity (Wildman–Crippen MR) is 97.3 cm³/mol. The molecule has 1 saturated heterocycles. The Labute approximate surface area is 151 Å². The number of nitrogens with one attached hydrogen (secondary N) is 1. The van der Waals surface area contributed by atoms with Crippen molar-refractivity contribution in [2.75, 3.05) is 19.7 Å². The Morgan fingerprint density at radius 1 is 1.36 bits per heavy atom. The summed E-state index contributed by atoms with van der Waals surface area (Å²) in [5.41, 5.74) is 1.87. The van der Waals surface area contributed by atoms with Crippen LogP contribution >= 0.6 is 11.8 Å². The summed E-state index contributed by atoms with van der Waals surface area (Å²) in [5.74, 6) is -0.130. The minimum absolute atomic E-state index is 0.0812. The smallest absolute Gasteiger partial charge is 0.309 e. The van der Waals surface area contributed by atoms with Gasteiger partial charge in [0.05, 0.1) is 28.8 Å². The van der Waals surface area contributed by atoms with Crippen LogP contribution in [0.2, 0.25) is 0 Å². The second-order valence-electron chi connectivity index (χ2n) is 6.17. The number of benzene rings is 1. The summed E-state index contributed by atoms with van der Waals surface area (Å²) in [7, 11) is 0. The van der Waals surface area contributed by atoms with Crippen molar-refractivity contribution in [2.24, 2.45) is 5.92 Å². The van der Waals surface area contributed by atoms with E-state index in [1.54, 1.807) is 0 Å². The number of thioether (sulfide) groups is 1. The number of piperidine rings is 1. The van der Waals surface area contributed by atoms with E-state index in [1.807, 2.05) is 43.0 Å². The molecule has 0 saturated carbocycles. The highest BCUT2D eigenvalue weighted by atomic mass is 32.2. The Morgan fingerprint density at radius 3 is 2.76 bits per heavy atom. The van der Waals surface area contributed by atoms with E-state index in [0.717, 1.165) is 16.2 Å². The number of hydrogen-bond acceptors (Lipinski definition) is 5. The molecular weight excluding hydrogens is 338 g/mol. The Kier molecular flexibility index (Phi) is 5.63. The first kappa shape index (κ1) is 17.8. The predicted octanol–water partition coefficient (Wildman–Crippen LogP) is 2.85. The fourth-order valence-electron chi connectivity index (χ4n) is 3.06. The van der Waals surface area contributed by atoms with Gasteiger partial charge in [-0.2, -0.15) is 0 Å². The zero-order valence-electron chi connectivity index (χ0n) is 14.5. The van der Waals surface area contributed by atoms with Crippen LogP contribution in [0.1, 0.15) is 26.7 Å². The van der Waals surface area contributed by atoms with Gasteiger partial charge in [0.1, 0.15) is 0 Å². The van der Waals surface area contributed by atoms with E-state index in [1.165, 1.54) is 11.8 Å². The van der Waals surface area contributed by atoms with Crippen LogP contribution in [0.25, 0.3) is 11.0 Å². The number of ether oxygens (including phenoxy) is 1. The minimum atomic E-state index is -0.222. The third-order valence-corrected chi connectivity index (χ3v) is 5.40. The van der Waals surface area contributed by atoms with Gasteiger partial charge in [0, 0.05) is 13.1 Å². The molecule has 1 N–H and O–H groups in total. The van der Waals surface area contributed by atoms with Crippen molar-refractivity contribution in [1.82, 2.24) is 14.9 Å². The van der Waals surface area contributed by atoms with Gasteiger partial charge in [0.25, 0.3) is 0 Å². The molecule has 0 aliphatic carbocycles. The van der Waals surface area contributed by atoms with E-state index in [0.29, 0.717) is 32.5 Å². The molecule has 1 aromatic heterocycles. The second-order valence-corrected chi connectivity index (χ2v) is 7.50. The van der Waals surface area contributed by atoms with Crippen LogP contribution < -0.4 is 0 Å². The number of aromatic nitrogens is 2.